The predicted octanol–water partition coefficient (Wildman–Crippen LogP) is 3.87. The molecule has 158 valence electrons. The first-order chi connectivity index (χ1) is 13.6. The predicted molar refractivity (Wildman–Crippen MR) is 125 cm³/mol. The van der Waals surface area contributed by atoms with E-state index in [4.69, 9.17) is 9.47 Å². The zero-order valence-corrected chi connectivity index (χ0v) is 19.2. The van der Waals surface area contributed by atoms with Gasteiger partial charge in [-0.25, -0.2) is 4.39 Å². The summed E-state index contributed by atoms with van der Waals surface area (Å²) in [5, 5.41) is 6.80. The van der Waals surface area contributed by atoms with E-state index < -0.39 is 0 Å². The molecule has 0 aliphatic carbocycles. The van der Waals surface area contributed by atoms with Gasteiger partial charge in [-0.3, -0.25) is 4.99 Å². The van der Waals surface area contributed by atoms with Crippen molar-refractivity contribution in [2.75, 3.05) is 33.9 Å². The highest BCUT2D eigenvalue weighted by Gasteiger charge is 2.34. The van der Waals surface area contributed by atoms with Gasteiger partial charge in [0.15, 0.2) is 5.96 Å². The Hall–Kier alpha value is -1.87. The van der Waals surface area contributed by atoms with Gasteiger partial charge < -0.3 is 20.1 Å². The zero-order chi connectivity index (χ0) is 19.8. The molecule has 0 aromatic heterocycles. The Morgan fingerprint density at radius 3 is 2.52 bits per heavy atom. The fraction of sp³-hybridized carbons (Fsp3) is 0.409. The van der Waals surface area contributed by atoms with E-state index >= 15 is 0 Å². The Morgan fingerprint density at radius 2 is 1.86 bits per heavy atom. The van der Waals surface area contributed by atoms with Gasteiger partial charge in [0.2, 0.25) is 0 Å². The fourth-order valence-electron chi connectivity index (χ4n) is 3.57. The number of hydrogen-bond acceptors (Lipinski definition) is 3. The fourth-order valence-corrected chi connectivity index (χ4v) is 3.57. The molecular formula is C22H29FIN3O2. The molecule has 7 heteroatoms. The van der Waals surface area contributed by atoms with Gasteiger partial charge in [0.05, 0.1) is 7.11 Å². The summed E-state index contributed by atoms with van der Waals surface area (Å²) >= 11 is 0. The van der Waals surface area contributed by atoms with Crippen LogP contribution in [0.4, 0.5) is 4.39 Å². The van der Waals surface area contributed by atoms with E-state index in [1.165, 1.54) is 12.1 Å². The number of guanidine groups is 1. The van der Waals surface area contributed by atoms with Gasteiger partial charge in [0.1, 0.15) is 11.6 Å². The molecule has 0 atom stereocenters. The van der Waals surface area contributed by atoms with E-state index in [0.717, 1.165) is 35.7 Å². The molecule has 1 saturated heterocycles. The van der Waals surface area contributed by atoms with Crippen LogP contribution in [-0.4, -0.2) is 39.9 Å². The van der Waals surface area contributed by atoms with Crippen LogP contribution in [0.15, 0.2) is 53.5 Å². The molecule has 2 aromatic rings. The van der Waals surface area contributed by atoms with Crippen LogP contribution in [0.1, 0.15) is 24.0 Å². The summed E-state index contributed by atoms with van der Waals surface area (Å²) in [5.41, 5.74) is 2.15. The first-order valence-electron chi connectivity index (χ1n) is 9.56. The Bertz CT molecular complexity index is 793. The topological polar surface area (TPSA) is 54.9 Å². The molecule has 0 saturated carbocycles. The Balaban J connectivity index is 0.00000300. The first-order valence-corrected chi connectivity index (χ1v) is 9.56. The highest BCUT2D eigenvalue weighted by atomic mass is 127. The van der Waals surface area contributed by atoms with Gasteiger partial charge >= 0.3 is 0 Å². The Morgan fingerprint density at radius 1 is 1.14 bits per heavy atom. The molecule has 1 aliphatic rings. The molecule has 29 heavy (non-hydrogen) atoms. The molecule has 0 radical (unpaired) electrons. The summed E-state index contributed by atoms with van der Waals surface area (Å²) < 4.78 is 24.2. The second-order valence-corrected chi connectivity index (χ2v) is 7.03. The zero-order valence-electron chi connectivity index (χ0n) is 16.9. The molecule has 1 aliphatic heterocycles. The van der Waals surface area contributed by atoms with Crippen molar-refractivity contribution in [3.63, 3.8) is 0 Å². The number of rotatable bonds is 6. The molecule has 0 spiro atoms. The molecular weight excluding hydrogens is 484 g/mol. The normalized spacial score (nSPS) is 15.9. The second-order valence-electron chi connectivity index (χ2n) is 7.03. The van der Waals surface area contributed by atoms with E-state index in [2.05, 4.69) is 15.6 Å². The molecule has 0 bridgehead atoms. The van der Waals surface area contributed by atoms with Crippen LogP contribution in [-0.2, 0) is 16.7 Å². The SMILES string of the molecule is CN=C(NCc1cccc(OC)c1)NCC1(c2ccc(F)cc2)CCOCC1.I. The average molecular weight is 513 g/mol. The van der Waals surface area contributed by atoms with Crippen LogP contribution in [0.2, 0.25) is 0 Å². The van der Waals surface area contributed by atoms with E-state index in [9.17, 15) is 4.39 Å². The highest BCUT2D eigenvalue weighted by molar-refractivity contribution is 14.0. The van der Waals surface area contributed by atoms with E-state index in [1.54, 1.807) is 14.2 Å². The maximum atomic E-state index is 13.4. The quantitative estimate of drug-likeness (QED) is 0.350. The Labute approximate surface area is 189 Å². The number of nitrogens with zero attached hydrogens (tertiary/aromatic N) is 1. The minimum atomic E-state index is -0.213. The van der Waals surface area contributed by atoms with Crippen molar-refractivity contribution in [1.29, 1.82) is 0 Å². The van der Waals surface area contributed by atoms with Gasteiger partial charge in [-0.1, -0.05) is 24.3 Å². The molecule has 5 nitrogen and oxygen atoms in total. The van der Waals surface area contributed by atoms with E-state index in [1.807, 2.05) is 36.4 Å². The van der Waals surface area contributed by atoms with Crippen molar-refractivity contribution in [3.05, 3.63) is 65.5 Å². The average Bonchev–Trinajstić information content (AvgIpc) is 2.75. The van der Waals surface area contributed by atoms with Gasteiger partial charge in [0, 0.05) is 38.8 Å². The lowest BCUT2D eigenvalue weighted by atomic mass is 9.74. The summed E-state index contributed by atoms with van der Waals surface area (Å²) in [5.74, 6) is 1.35. The lowest BCUT2D eigenvalue weighted by Crippen LogP contribution is -2.47. The highest BCUT2D eigenvalue weighted by Crippen LogP contribution is 2.34. The minimum absolute atomic E-state index is 0. The minimum Gasteiger partial charge on any atom is -0.497 e. The third-order valence-corrected chi connectivity index (χ3v) is 5.32. The van der Waals surface area contributed by atoms with Crippen LogP contribution in [0, 0.1) is 5.82 Å². The molecule has 1 fully saturated rings. The molecule has 2 aromatic carbocycles. The van der Waals surface area contributed by atoms with Crippen molar-refractivity contribution in [2.45, 2.75) is 24.8 Å². The largest absolute Gasteiger partial charge is 0.497 e. The number of aliphatic imine (C=N–C) groups is 1. The Kier molecular flexibility index (Phi) is 9.16. The summed E-state index contributed by atoms with van der Waals surface area (Å²) in [6, 6.07) is 14.8. The van der Waals surface area contributed by atoms with Gasteiger partial charge in [-0.05, 0) is 48.2 Å². The third-order valence-electron chi connectivity index (χ3n) is 5.32. The van der Waals surface area contributed by atoms with Gasteiger partial charge in [-0.2, -0.15) is 0 Å². The second kappa shape index (κ2) is 11.3. The van der Waals surface area contributed by atoms with E-state index in [0.29, 0.717) is 26.3 Å². The number of nitrogens with one attached hydrogen (secondary N) is 2. The molecule has 3 rings (SSSR count). The van der Waals surface area contributed by atoms with Crippen molar-refractivity contribution >= 4 is 29.9 Å². The number of hydrogen-bond donors (Lipinski definition) is 2. The van der Waals surface area contributed by atoms with Crippen molar-refractivity contribution in [3.8, 4) is 5.75 Å². The summed E-state index contributed by atoms with van der Waals surface area (Å²) in [6.07, 6.45) is 1.77. The molecule has 0 amide bonds. The molecule has 0 unspecified atom stereocenters. The van der Waals surface area contributed by atoms with Gasteiger partial charge in [-0.15, -0.1) is 24.0 Å². The first kappa shape index (κ1) is 23.4. The number of methoxy groups -OCH3 is 1. The van der Waals surface area contributed by atoms with Gasteiger partial charge in [0.25, 0.3) is 0 Å². The van der Waals surface area contributed by atoms with Crippen LogP contribution in [0.3, 0.4) is 0 Å². The maximum Gasteiger partial charge on any atom is 0.191 e. The molecule has 1 heterocycles. The van der Waals surface area contributed by atoms with Crippen LogP contribution >= 0.6 is 24.0 Å². The third kappa shape index (κ3) is 6.30. The standard InChI is InChI=1S/C22H28FN3O2.HI/c1-24-21(25-15-17-4-3-5-20(14-17)27-2)26-16-22(10-12-28-13-11-22)18-6-8-19(23)9-7-18;/h3-9,14H,10-13,15-16H2,1-2H3,(H2,24,25,26);1H. The lowest BCUT2D eigenvalue weighted by molar-refractivity contribution is 0.0513. The van der Waals surface area contributed by atoms with Crippen molar-refractivity contribution < 1.29 is 13.9 Å². The molecule has 2 N–H and O–H groups in total. The number of halogens is 2. The van der Waals surface area contributed by atoms with E-state index in [-0.39, 0.29) is 35.2 Å². The van der Waals surface area contributed by atoms with Crippen molar-refractivity contribution in [2.24, 2.45) is 4.99 Å². The van der Waals surface area contributed by atoms with Crippen molar-refractivity contribution in [1.82, 2.24) is 10.6 Å². The summed E-state index contributed by atoms with van der Waals surface area (Å²) in [7, 11) is 3.42. The monoisotopic (exact) mass is 513 g/mol. The van der Waals surface area contributed by atoms with Crippen LogP contribution in [0.25, 0.3) is 0 Å². The summed E-state index contributed by atoms with van der Waals surface area (Å²) in [6.45, 7) is 2.76. The van der Waals surface area contributed by atoms with Crippen LogP contribution < -0.4 is 15.4 Å². The maximum absolute atomic E-state index is 13.4. The lowest BCUT2D eigenvalue weighted by Gasteiger charge is -2.38. The smallest absolute Gasteiger partial charge is 0.191 e. The van der Waals surface area contributed by atoms with Crippen LogP contribution in [0.5, 0.6) is 5.75 Å². The number of ether oxygens (including phenoxy) is 2. The summed E-state index contributed by atoms with van der Waals surface area (Å²) in [4.78, 5) is 4.34. The number of benzene rings is 2.